The summed E-state index contributed by atoms with van der Waals surface area (Å²) in [4.78, 5) is 1.47. The Morgan fingerprint density at radius 2 is 1.76 bits per heavy atom. The third-order valence-electron chi connectivity index (χ3n) is 2.76. The van der Waals surface area contributed by atoms with Gasteiger partial charge < -0.3 is 0 Å². The molecule has 1 nitrogen and oxygen atoms in total. The van der Waals surface area contributed by atoms with Gasteiger partial charge in [-0.1, -0.05) is 37.3 Å². The Morgan fingerprint density at radius 1 is 1.18 bits per heavy atom. The fourth-order valence-corrected chi connectivity index (χ4v) is 1.72. The molecular weight excluding hydrogens is 227 g/mol. The van der Waals surface area contributed by atoms with Gasteiger partial charge in [-0.2, -0.15) is 13.2 Å². The molecule has 0 aliphatic heterocycles. The third-order valence-corrected chi connectivity index (χ3v) is 2.76. The normalized spacial score (nSPS) is 14.0. The second-order valence-corrected chi connectivity index (χ2v) is 4.17. The number of benzene rings is 1. The molecule has 0 radical (unpaired) electrons. The van der Waals surface area contributed by atoms with E-state index < -0.39 is 12.2 Å². The largest absolute Gasteiger partial charge is 0.403 e. The highest BCUT2D eigenvalue weighted by molar-refractivity contribution is 5.14. The molecule has 0 amide bonds. The van der Waals surface area contributed by atoms with Gasteiger partial charge in [0.05, 0.1) is 0 Å². The van der Waals surface area contributed by atoms with Gasteiger partial charge in [-0.3, -0.25) is 4.90 Å². The summed E-state index contributed by atoms with van der Waals surface area (Å²) in [5.41, 5.74) is 0.914. The molecule has 1 rings (SSSR count). The summed E-state index contributed by atoms with van der Waals surface area (Å²) in [5.74, 6) is 0. The van der Waals surface area contributed by atoms with Gasteiger partial charge in [-0.05, 0) is 25.5 Å². The summed E-state index contributed by atoms with van der Waals surface area (Å²) in [7, 11) is 0. The lowest BCUT2D eigenvalue weighted by atomic mass is 10.1. The molecule has 0 saturated heterocycles. The fourth-order valence-electron chi connectivity index (χ4n) is 1.72. The molecule has 1 unspecified atom stereocenters. The first-order chi connectivity index (χ1) is 7.95. The van der Waals surface area contributed by atoms with Gasteiger partial charge in [-0.25, -0.2) is 0 Å². The van der Waals surface area contributed by atoms with Crippen LogP contribution in [0.2, 0.25) is 0 Å². The highest BCUT2D eigenvalue weighted by Crippen LogP contribution is 2.25. The molecule has 96 valence electrons. The first-order valence-electron chi connectivity index (χ1n) is 5.79. The molecule has 0 saturated carbocycles. The molecule has 1 atom stereocenters. The molecule has 0 aliphatic carbocycles. The van der Waals surface area contributed by atoms with E-state index in [1.807, 2.05) is 37.3 Å². The van der Waals surface area contributed by atoms with Gasteiger partial charge in [0.1, 0.15) is 6.04 Å². The number of halogens is 3. The summed E-state index contributed by atoms with van der Waals surface area (Å²) in [6, 6.07) is 7.86. The average Bonchev–Trinajstić information content (AvgIpc) is 2.28. The zero-order valence-electron chi connectivity index (χ0n) is 10.2. The van der Waals surface area contributed by atoms with Crippen molar-refractivity contribution in [1.29, 1.82) is 0 Å². The van der Waals surface area contributed by atoms with Crippen LogP contribution in [0.3, 0.4) is 0 Å². The standard InChI is InChI=1S/C13H18F3N/c1-3-9-17(11(2)13(14,15)16)10-12-7-5-4-6-8-12/h4-8,11H,3,9-10H2,1-2H3. The van der Waals surface area contributed by atoms with Crippen molar-refractivity contribution in [1.82, 2.24) is 4.90 Å². The monoisotopic (exact) mass is 245 g/mol. The zero-order valence-corrected chi connectivity index (χ0v) is 10.2. The van der Waals surface area contributed by atoms with E-state index in [-0.39, 0.29) is 0 Å². The maximum absolute atomic E-state index is 12.7. The lowest BCUT2D eigenvalue weighted by Gasteiger charge is -2.30. The van der Waals surface area contributed by atoms with E-state index in [9.17, 15) is 13.2 Å². The first kappa shape index (κ1) is 14.0. The van der Waals surface area contributed by atoms with Crippen molar-refractivity contribution in [2.45, 2.75) is 39.0 Å². The molecule has 1 aromatic carbocycles. The highest BCUT2D eigenvalue weighted by Gasteiger charge is 2.39. The number of hydrogen-bond donors (Lipinski definition) is 0. The molecular formula is C13H18F3N. The van der Waals surface area contributed by atoms with Crippen LogP contribution in [0, 0.1) is 0 Å². The maximum atomic E-state index is 12.7. The minimum absolute atomic E-state index is 0.343. The van der Waals surface area contributed by atoms with Crippen molar-refractivity contribution >= 4 is 0 Å². The minimum atomic E-state index is -4.16. The third kappa shape index (κ3) is 4.38. The number of alkyl halides is 3. The average molecular weight is 245 g/mol. The van der Waals surface area contributed by atoms with Crippen LogP contribution < -0.4 is 0 Å². The summed E-state index contributed by atoms with van der Waals surface area (Å²) in [5, 5.41) is 0. The summed E-state index contributed by atoms with van der Waals surface area (Å²) in [6.07, 6.45) is -3.45. The van der Waals surface area contributed by atoms with Crippen LogP contribution in [0.5, 0.6) is 0 Å². The van der Waals surface area contributed by atoms with E-state index in [0.717, 1.165) is 5.56 Å². The first-order valence-corrected chi connectivity index (χ1v) is 5.79. The molecule has 0 bridgehead atoms. The van der Waals surface area contributed by atoms with E-state index in [1.54, 1.807) is 0 Å². The van der Waals surface area contributed by atoms with Crippen LogP contribution in [-0.4, -0.2) is 23.7 Å². The van der Waals surface area contributed by atoms with Gasteiger partial charge in [0.2, 0.25) is 0 Å². The quantitative estimate of drug-likeness (QED) is 0.761. The molecule has 4 heteroatoms. The van der Waals surface area contributed by atoms with Crippen LogP contribution in [0.25, 0.3) is 0 Å². The lowest BCUT2D eigenvalue weighted by Crippen LogP contribution is -2.43. The van der Waals surface area contributed by atoms with Crippen LogP contribution >= 0.6 is 0 Å². The van der Waals surface area contributed by atoms with E-state index in [0.29, 0.717) is 19.5 Å². The molecule has 0 spiro atoms. The Bertz CT molecular complexity index is 321. The van der Waals surface area contributed by atoms with E-state index in [2.05, 4.69) is 0 Å². The summed E-state index contributed by atoms with van der Waals surface area (Å²) >= 11 is 0. The highest BCUT2D eigenvalue weighted by atomic mass is 19.4. The Kier molecular flexibility index (Phi) is 5.00. The zero-order chi connectivity index (χ0) is 12.9. The second-order valence-electron chi connectivity index (χ2n) is 4.17. The van der Waals surface area contributed by atoms with Crippen LogP contribution in [0.1, 0.15) is 25.8 Å². The second kappa shape index (κ2) is 6.05. The van der Waals surface area contributed by atoms with E-state index in [1.165, 1.54) is 11.8 Å². The number of hydrogen-bond acceptors (Lipinski definition) is 1. The van der Waals surface area contributed by atoms with Crippen LogP contribution in [0.15, 0.2) is 30.3 Å². The molecule has 0 aromatic heterocycles. The van der Waals surface area contributed by atoms with Crippen molar-refractivity contribution in [3.63, 3.8) is 0 Å². The van der Waals surface area contributed by atoms with Crippen molar-refractivity contribution in [3.8, 4) is 0 Å². The SMILES string of the molecule is CCCN(Cc1ccccc1)C(C)C(F)(F)F. The number of nitrogens with zero attached hydrogens (tertiary/aromatic N) is 1. The lowest BCUT2D eigenvalue weighted by molar-refractivity contribution is -0.180. The van der Waals surface area contributed by atoms with Gasteiger partial charge in [0, 0.05) is 6.54 Å². The Labute approximate surface area is 100 Å². The molecule has 0 heterocycles. The Hall–Kier alpha value is -1.03. The predicted octanol–water partition coefficient (Wildman–Crippen LogP) is 3.85. The van der Waals surface area contributed by atoms with Crippen molar-refractivity contribution in [2.75, 3.05) is 6.54 Å². The van der Waals surface area contributed by atoms with Gasteiger partial charge in [-0.15, -0.1) is 0 Å². The molecule has 0 fully saturated rings. The van der Waals surface area contributed by atoms with Crippen LogP contribution in [0.4, 0.5) is 13.2 Å². The topological polar surface area (TPSA) is 3.24 Å². The maximum Gasteiger partial charge on any atom is 0.403 e. The molecule has 0 aliphatic rings. The Morgan fingerprint density at radius 3 is 2.24 bits per heavy atom. The van der Waals surface area contributed by atoms with E-state index in [4.69, 9.17) is 0 Å². The fraction of sp³-hybridized carbons (Fsp3) is 0.538. The summed E-state index contributed by atoms with van der Waals surface area (Å²) in [6.45, 7) is 3.91. The number of rotatable bonds is 5. The smallest absolute Gasteiger partial charge is 0.288 e. The molecule has 17 heavy (non-hydrogen) atoms. The Balaban J connectivity index is 2.73. The van der Waals surface area contributed by atoms with Gasteiger partial charge in [0.15, 0.2) is 0 Å². The van der Waals surface area contributed by atoms with E-state index >= 15 is 0 Å². The van der Waals surface area contributed by atoms with Gasteiger partial charge >= 0.3 is 6.18 Å². The van der Waals surface area contributed by atoms with Crippen molar-refractivity contribution < 1.29 is 13.2 Å². The molecule has 0 N–H and O–H groups in total. The predicted molar refractivity (Wildman–Crippen MR) is 62.7 cm³/mol. The van der Waals surface area contributed by atoms with Gasteiger partial charge in [0.25, 0.3) is 0 Å². The van der Waals surface area contributed by atoms with Crippen LogP contribution in [-0.2, 0) is 6.54 Å². The summed E-state index contributed by atoms with van der Waals surface area (Å²) < 4.78 is 38.1. The minimum Gasteiger partial charge on any atom is -0.288 e. The van der Waals surface area contributed by atoms with Crippen molar-refractivity contribution in [2.24, 2.45) is 0 Å². The van der Waals surface area contributed by atoms with Crippen molar-refractivity contribution in [3.05, 3.63) is 35.9 Å². The molecule has 1 aromatic rings.